The Balaban J connectivity index is 1.57. The van der Waals surface area contributed by atoms with Gasteiger partial charge in [-0.1, -0.05) is 54.4 Å². The number of carbonyl (C=O) groups is 1. The highest BCUT2D eigenvalue weighted by Gasteiger charge is 2.33. The molecular weight excluding hydrogens is 532 g/mol. The van der Waals surface area contributed by atoms with E-state index in [0.29, 0.717) is 11.5 Å². The zero-order chi connectivity index (χ0) is 27.5. The number of nitrogens with zero attached hydrogens (tertiary/aromatic N) is 1. The van der Waals surface area contributed by atoms with Gasteiger partial charge in [-0.25, -0.2) is 0 Å². The van der Waals surface area contributed by atoms with E-state index in [1.54, 1.807) is 6.07 Å². The van der Waals surface area contributed by atoms with E-state index in [4.69, 9.17) is 11.6 Å². The van der Waals surface area contributed by atoms with Crippen LogP contribution in [0, 0.1) is 0 Å². The SMILES string of the molecule is O=C(c1cc(Cl)cc(C(F)(F)F)c1)N(CCc1cccc(OC(F)(F)F)c1)Cc1ccc(C2CCC2)cc1. The summed E-state index contributed by atoms with van der Waals surface area (Å²) in [5.74, 6) is -0.562. The van der Waals surface area contributed by atoms with Crippen molar-refractivity contribution in [2.45, 2.75) is 50.7 Å². The number of halogens is 7. The first-order valence-corrected chi connectivity index (χ1v) is 12.4. The number of hydrogen-bond donors (Lipinski definition) is 0. The molecule has 10 heteroatoms. The summed E-state index contributed by atoms with van der Waals surface area (Å²) in [6.07, 6.45) is -5.97. The maximum Gasteiger partial charge on any atom is 0.573 e. The van der Waals surface area contributed by atoms with E-state index in [-0.39, 0.29) is 30.1 Å². The fraction of sp³-hybridized carbons (Fsp3) is 0.321. The number of carbonyl (C=O) groups excluding carboxylic acids is 1. The predicted octanol–water partition coefficient (Wildman–Crippen LogP) is 8.41. The minimum atomic E-state index is -4.85. The molecule has 1 amide bonds. The van der Waals surface area contributed by atoms with Crippen molar-refractivity contribution in [2.24, 2.45) is 0 Å². The molecule has 3 nitrogen and oxygen atoms in total. The monoisotopic (exact) mass is 555 g/mol. The second-order valence-corrected chi connectivity index (χ2v) is 9.70. The smallest absolute Gasteiger partial charge is 0.406 e. The van der Waals surface area contributed by atoms with Gasteiger partial charge in [-0.2, -0.15) is 13.2 Å². The molecule has 38 heavy (non-hydrogen) atoms. The highest BCUT2D eigenvalue weighted by Crippen LogP contribution is 2.36. The van der Waals surface area contributed by atoms with Crippen LogP contribution in [0.4, 0.5) is 26.3 Å². The molecule has 0 bridgehead atoms. The van der Waals surface area contributed by atoms with Gasteiger partial charge < -0.3 is 9.64 Å². The molecule has 0 aromatic heterocycles. The van der Waals surface area contributed by atoms with E-state index in [1.807, 2.05) is 24.3 Å². The zero-order valence-electron chi connectivity index (χ0n) is 20.1. The Labute approximate surface area is 221 Å². The Morgan fingerprint density at radius 2 is 1.63 bits per heavy atom. The fourth-order valence-electron chi connectivity index (χ4n) is 4.33. The van der Waals surface area contributed by atoms with Gasteiger partial charge in [0.25, 0.3) is 5.91 Å². The summed E-state index contributed by atoms with van der Waals surface area (Å²) < 4.78 is 81.8. The Morgan fingerprint density at radius 3 is 2.24 bits per heavy atom. The van der Waals surface area contributed by atoms with Gasteiger partial charge in [0.2, 0.25) is 0 Å². The molecule has 0 radical (unpaired) electrons. The van der Waals surface area contributed by atoms with Gasteiger partial charge in [0.05, 0.1) is 5.56 Å². The summed E-state index contributed by atoms with van der Waals surface area (Å²) in [5.41, 5.74) is 1.16. The average Bonchev–Trinajstić information content (AvgIpc) is 2.79. The maximum atomic E-state index is 13.4. The number of alkyl halides is 6. The maximum absolute atomic E-state index is 13.4. The molecule has 1 aliphatic carbocycles. The molecule has 0 heterocycles. The molecule has 0 spiro atoms. The topological polar surface area (TPSA) is 29.5 Å². The second-order valence-electron chi connectivity index (χ2n) is 9.27. The van der Waals surface area contributed by atoms with E-state index in [0.717, 1.165) is 36.6 Å². The molecule has 202 valence electrons. The van der Waals surface area contributed by atoms with Crippen LogP contribution in [0.1, 0.15) is 57.8 Å². The van der Waals surface area contributed by atoms with Crippen LogP contribution < -0.4 is 4.74 Å². The lowest BCUT2D eigenvalue weighted by atomic mass is 9.80. The molecule has 4 rings (SSSR count). The second kappa shape index (κ2) is 11.3. The highest BCUT2D eigenvalue weighted by molar-refractivity contribution is 6.31. The Kier molecular flexibility index (Phi) is 8.25. The molecule has 0 N–H and O–H groups in total. The van der Waals surface area contributed by atoms with Gasteiger partial charge in [0.1, 0.15) is 5.75 Å². The molecule has 1 fully saturated rings. The van der Waals surface area contributed by atoms with Crippen molar-refractivity contribution >= 4 is 17.5 Å². The van der Waals surface area contributed by atoms with Crippen molar-refractivity contribution < 1.29 is 35.9 Å². The molecule has 3 aromatic carbocycles. The summed E-state index contributed by atoms with van der Waals surface area (Å²) >= 11 is 5.90. The number of ether oxygens (including phenoxy) is 1. The first-order chi connectivity index (χ1) is 17.9. The van der Waals surface area contributed by atoms with E-state index in [9.17, 15) is 31.1 Å². The van der Waals surface area contributed by atoms with Crippen molar-refractivity contribution in [2.75, 3.05) is 6.54 Å². The largest absolute Gasteiger partial charge is 0.573 e. The van der Waals surface area contributed by atoms with Crippen molar-refractivity contribution in [3.05, 3.63) is 99.6 Å². The lowest BCUT2D eigenvalue weighted by Gasteiger charge is -2.27. The summed E-state index contributed by atoms with van der Waals surface area (Å²) in [7, 11) is 0. The van der Waals surface area contributed by atoms with Crippen molar-refractivity contribution in [3.63, 3.8) is 0 Å². The van der Waals surface area contributed by atoms with Crippen LogP contribution in [0.25, 0.3) is 0 Å². The van der Waals surface area contributed by atoms with E-state index < -0.39 is 29.8 Å². The minimum Gasteiger partial charge on any atom is -0.406 e. The molecule has 1 aliphatic rings. The van der Waals surface area contributed by atoms with Crippen molar-refractivity contribution in [3.8, 4) is 5.75 Å². The normalized spacial score (nSPS) is 14.2. The van der Waals surface area contributed by atoms with Crippen LogP contribution in [0.2, 0.25) is 5.02 Å². The lowest BCUT2D eigenvalue weighted by molar-refractivity contribution is -0.274. The van der Waals surface area contributed by atoms with Gasteiger partial charge in [-0.3, -0.25) is 4.79 Å². The highest BCUT2D eigenvalue weighted by atomic mass is 35.5. The number of hydrogen-bond acceptors (Lipinski definition) is 2. The third-order valence-electron chi connectivity index (χ3n) is 6.49. The van der Waals surface area contributed by atoms with E-state index >= 15 is 0 Å². The van der Waals surface area contributed by atoms with Crippen molar-refractivity contribution in [1.29, 1.82) is 0 Å². The van der Waals surface area contributed by atoms with E-state index in [2.05, 4.69) is 4.74 Å². The van der Waals surface area contributed by atoms with Crippen LogP contribution in [-0.2, 0) is 19.1 Å². The number of rotatable bonds is 8. The first-order valence-electron chi connectivity index (χ1n) is 12.0. The molecule has 1 saturated carbocycles. The van der Waals surface area contributed by atoms with Gasteiger partial charge >= 0.3 is 12.5 Å². The first kappa shape index (κ1) is 27.8. The third-order valence-corrected chi connectivity index (χ3v) is 6.71. The molecule has 3 aromatic rings. The van der Waals surface area contributed by atoms with E-state index in [1.165, 1.54) is 35.1 Å². The molecule has 0 aliphatic heterocycles. The number of amides is 1. The predicted molar refractivity (Wildman–Crippen MR) is 131 cm³/mol. The standard InChI is InChI=1S/C28H24ClF6NO2/c29-24-15-22(14-23(16-24)27(30,31)32)26(37)36(17-19-7-9-21(10-8-19)20-4-2-5-20)12-11-18-3-1-6-25(13-18)38-28(33,34)35/h1,3,6-10,13-16,20H,2,4-5,11-12,17H2. The van der Waals surface area contributed by atoms with Gasteiger partial charge in [-0.05, 0) is 72.2 Å². The Morgan fingerprint density at radius 1 is 0.921 bits per heavy atom. The summed E-state index contributed by atoms with van der Waals surface area (Å²) in [4.78, 5) is 14.8. The van der Waals surface area contributed by atoms with Crippen LogP contribution in [-0.4, -0.2) is 23.7 Å². The van der Waals surface area contributed by atoms with Crippen LogP contribution in [0.3, 0.4) is 0 Å². The lowest BCUT2D eigenvalue weighted by Crippen LogP contribution is -2.32. The summed E-state index contributed by atoms with van der Waals surface area (Å²) in [6, 6.07) is 15.8. The van der Waals surface area contributed by atoms with Crippen LogP contribution in [0.15, 0.2) is 66.7 Å². The van der Waals surface area contributed by atoms with Crippen LogP contribution >= 0.6 is 11.6 Å². The molecular formula is C28H24ClF6NO2. The van der Waals surface area contributed by atoms with Crippen LogP contribution in [0.5, 0.6) is 5.75 Å². The van der Waals surface area contributed by atoms with Gasteiger partial charge in [0, 0.05) is 23.7 Å². The quantitative estimate of drug-likeness (QED) is 0.261. The summed E-state index contributed by atoms with van der Waals surface area (Å²) in [6.45, 7) is 0.128. The Hall–Kier alpha value is -3.20. The van der Waals surface area contributed by atoms with Gasteiger partial charge in [-0.15, -0.1) is 13.2 Å². The van der Waals surface area contributed by atoms with Gasteiger partial charge in [0.15, 0.2) is 0 Å². The van der Waals surface area contributed by atoms with Crippen molar-refractivity contribution in [1.82, 2.24) is 4.90 Å². The summed E-state index contributed by atoms with van der Waals surface area (Å²) in [5, 5.41) is -0.232. The molecule has 0 saturated heterocycles. The zero-order valence-corrected chi connectivity index (χ0v) is 20.8. The molecule has 0 unspecified atom stereocenters. The third kappa shape index (κ3) is 7.43. The molecule has 0 atom stereocenters. The Bertz CT molecular complexity index is 1270. The number of benzene rings is 3. The fourth-order valence-corrected chi connectivity index (χ4v) is 4.57. The minimum absolute atomic E-state index is 0.0343. The average molecular weight is 556 g/mol.